The maximum absolute atomic E-state index is 12.4. The lowest BCUT2D eigenvalue weighted by Crippen LogP contribution is -2.51. The standard InChI is InChI=1S/C17H21N3O4/c1-2-24-17(23)18-12-6-5-9-19(10-12)11-20-15(21)13-7-3-4-8-14(13)16(20)22/h3-4,7-8,12H,2,5-6,9-11H2,1H3,(H,18,23). The number of hydrogen-bond donors (Lipinski definition) is 1. The molecule has 1 aromatic carbocycles. The van der Waals surface area contributed by atoms with E-state index in [1.807, 2.05) is 4.90 Å². The fraction of sp³-hybridized carbons (Fsp3) is 0.471. The molecular formula is C17H21N3O4. The van der Waals surface area contributed by atoms with Crippen LogP contribution in [0.25, 0.3) is 0 Å². The molecule has 0 aromatic heterocycles. The normalized spacial score (nSPS) is 20.9. The highest BCUT2D eigenvalue weighted by atomic mass is 16.5. The Labute approximate surface area is 140 Å². The van der Waals surface area contributed by atoms with Gasteiger partial charge < -0.3 is 10.1 Å². The van der Waals surface area contributed by atoms with E-state index in [1.165, 1.54) is 4.90 Å². The number of carbonyl (C=O) groups is 3. The number of hydrogen-bond acceptors (Lipinski definition) is 5. The predicted octanol–water partition coefficient (Wildman–Crippen LogP) is 1.45. The fourth-order valence-corrected chi connectivity index (χ4v) is 3.21. The molecule has 1 N–H and O–H groups in total. The minimum atomic E-state index is -0.426. The van der Waals surface area contributed by atoms with E-state index in [4.69, 9.17) is 4.74 Å². The van der Waals surface area contributed by atoms with Crippen LogP contribution in [0.2, 0.25) is 0 Å². The van der Waals surface area contributed by atoms with Crippen LogP contribution in [0.5, 0.6) is 0 Å². The molecule has 2 aliphatic rings. The van der Waals surface area contributed by atoms with Gasteiger partial charge in [-0.3, -0.25) is 19.4 Å². The highest BCUT2D eigenvalue weighted by molar-refractivity contribution is 6.21. The summed E-state index contributed by atoms with van der Waals surface area (Å²) in [4.78, 5) is 39.7. The van der Waals surface area contributed by atoms with Gasteiger partial charge in [-0.15, -0.1) is 0 Å². The van der Waals surface area contributed by atoms with Crippen molar-refractivity contribution in [3.05, 3.63) is 35.4 Å². The van der Waals surface area contributed by atoms with Gasteiger partial charge in [0.1, 0.15) is 0 Å². The van der Waals surface area contributed by atoms with Crippen LogP contribution in [-0.2, 0) is 4.74 Å². The summed E-state index contributed by atoms with van der Waals surface area (Å²) >= 11 is 0. The zero-order chi connectivity index (χ0) is 17.1. The second kappa shape index (κ2) is 7.00. The molecule has 3 rings (SSSR count). The number of ether oxygens (including phenoxy) is 1. The molecule has 1 unspecified atom stereocenters. The smallest absolute Gasteiger partial charge is 0.407 e. The Balaban J connectivity index is 1.61. The van der Waals surface area contributed by atoms with Crippen molar-refractivity contribution < 1.29 is 19.1 Å². The van der Waals surface area contributed by atoms with Crippen molar-refractivity contribution in [3.63, 3.8) is 0 Å². The number of nitrogens with zero attached hydrogens (tertiary/aromatic N) is 2. The molecule has 1 saturated heterocycles. The molecule has 0 aliphatic carbocycles. The summed E-state index contributed by atoms with van der Waals surface area (Å²) in [6.45, 7) is 3.71. The van der Waals surface area contributed by atoms with Crippen molar-refractivity contribution in [3.8, 4) is 0 Å². The Bertz CT molecular complexity index is 626. The number of nitrogens with one attached hydrogen (secondary N) is 1. The monoisotopic (exact) mass is 331 g/mol. The predicted molar refractivity (Wildman–Crippen MR) is 86.6 cm³/mol. The Hall–Kier alpha value is -2.41. The average Bonchev–Trinajstić information content (AvgIpc) is 2.81. The molecule has 7 nitrogen and oxygen atoms in total. The van der Waals surface area contributed by atoms with Crippen molar-refractivity contribution >= 4 is 17.9 Å². The summed E-state index contributed by atoms with van der Waals surface area (Å²) in [6.07, 6.45) is 1.32. The Morgan fingerprint density at radius 3 is 2.54 bits per heavy atom. The zero-order valence-corrected chi connectivity index (χ0v) is 13.7. The third-order valence-electron chi connectivity index (χ3n) is 4.32. The topological polar surface area (TPSA) is 79.0 Å². The molecule has 2 heterocycles. The number of piperidine rings is 1. The van der Waals surface area contributed by atoms with Gasteiger partial charge in [-0.25, -0.2) is 4.79 Å². The van der Waals surface area contributed by atoms with Crippen LogP contribution < -0.4 is 5.32 Å². The first-order chi connectivity index (χ1) is 11.6. The average molecular weight is 331 g/mol. The quantitative estimate of drug-likeness (QED) is 0.845. The third-order valence-corrected chi connectivity index (χ3v) is 4.32. The van der Waals surface area contributed by atoms with Crippen LogP contribution in [-0.4, -0.2) is 60.1 Å². The lowest BCUT2D eigenvalue weighted by Gasteiger charge is -2.34. The molecule has 0 spiro atoms. The van der Waals surface area contributed by atoms with E-state index in [0.717, 1.165) is 19.4 Å². The van der Waals surface area contributed by atoms with Gasteiger partial charge >= 0.3 is 6.09 Å². The molecule has 7 heteroatoms. The maximum Gasteiger partial charge on any atom is 0.407 e. The van der Waals surface area contributed by atoms with E-state index < -0.39 is 6.09 Å². The van der Waals surface area contributed by atoms with Gasteiger partial charge in [-0.1, -0.05) is 12.1 Å². The van der Waals surface area contributed by atoms with Gasteiger partial charge in [-0.2, -0.15) is 0 Å². The molecule has 1 aromatic rings. The summed E-state index contributed by atoms with van der Waals surface area (Å²) in [5, 5.41) is 2.82. The Morgan fingerprint density at radius 2 is 1.92 bits per heavy atom. The van der Waals surface area contributed by atoms with Gasteiger partial charge in [0.15, 0.2) is 0 Å². The van der Waals surface area contributed by atoms with Crippen molar-refractivity contribution in [1.82, 2.24) is 15.1 Å². The summed E-state index contributed by atoms with van der Waals surface area (Å²) in [6, 6.07) is 6.84. The van der Waals surface area contributed by atoms with Crippen molar-refractivity contribution in [2.45, 2.75) is 25.8 Å². The highest BCUT2D eigenvalue weighted by Crippen LogP contribution is 2.23. The van der Waals surface area contributed by atoms with Crippen LogP contribution >= 0.6 is 0 Å². The Kier molecular flexibility index (Phi) is 4.80. The fourth-order valence-electron chi connectivity index (χ4n) is 3.21. The molecule has 128 valence electrons. The molecule has 1 fully saturated rings. The van der Waals surface area contributed by atoms with Gasteiger partial charge in [-0.05, 0) is 38.4 Å². The lowest BCUT2D eigenvalue weighted by atomic mass is 10.1. The van der Waals surface area contributed by atoms with Gasteiger partial charge in [0.25, 0.3) is 11.8 Å². The van der Waals surface area contributed by atoms with Crippen molar-refractivity contribution in [1.29, 1.82) is 0 Å². The second-order valence-electron chi connectivity index (χ2n) is 6.01. The molecule has 1 atom stereocenters. The van der Waals surface area contributed by atoms with Crippen molar-refractivity contribution in [2.75, 3.05) is 26.4 Å². The van der Waals surface area contributed by atoms with Crippen molar-refractivity contribution in [2.24, 2.45) is 0 Å². The second-order valence-corrected chi connectivity index (χ2v) is 6.01. The summed E-state index contributed by atoms with van der Waals surface area (Å²) in [5.74, 6) is -0.507. The maximum atomic E-state index is 12.4. The van der Waals surface area contributed by atoms with E-state index >= 15 is 0 Å². The largest absolute Gasteiger partial charge is 0.450 e. The van der Waals surface area contributed by atoms with E-state index in [-0.39, 0.29) is 24.5 Å². The summed E-state index contributed by atoms with van der Waals surface area (Å²) in [5.41, 5.74) is 0.918. The number of carbonyl (C=O) groups excluding carboxylic acids is 3. The van der Waals surface area contributed by atoms with Gasteiger partial charge in [0.05, 0.1) is 24.4 Å². The molecule has 0 bridgehead atoms. The molecule has 0 radical (unpaired) electrons. The number of amides is 3. The number of benzene rings is 1. The third kappa shape index (κ3) is 3.26. The van der Waals surface area contributed by atoms with E-state index in [9.17, 15) is 14.4 Å². The molecule has 3 amide bonds. The summed E-state index contributed by atoms with van der Waals surface area (Å²) in [7, 11) is 0. The number of alkyl carbamates (subject to hydrolysis) is 1. The number of fused-ring (bicyclic) bond motifs is 1. The molecule has 24 heavy (non-hydrogen) atoms. The van der Waals surface area contributed by atoms with Crippen LogP contribution in [0.4, 0.5) is 4.79 Å². The van der Waals surface area contributed by atoms with Crippen LogP contribution in [0.15, 0.2) is 24.3 Å². The zero-order valence-electron chi connectivity index (χ0n) is 13.7. The minimum absolute atomic E-state index is 0.0343. The minimum Gasteiger partial charge on any atom is -0.450 e. The first kappa shape index (κ1) is 16.4. The van der Waals surface area contributed by atoms with E-state index in [2.05, 4.69) is 5.32 Å². The lowest BCUT2D eigenvalue weighted by molar-refractivity contribution is 0.0493. The highest BCUT2D eigenvalue weighted by Gasteiger charge is 2.36. The van der Waals surface area contributed by atoms with Crippen LogP contribution in [0.1, 0.15) is 40.5 Å². The van der Waals surface area contributed by atoms with Crippen LogP contribution in [0, 0.1) is 0 Å². The van der Waals surface area contributed by atoms with Gasteiger partial charge in [0.2, 0.25) is 0 Å². The number of imide groups is 1. The van der Waals surface area contributed by atoms with E-state index in [0.29, 0.717) is 24.3 Å². The number of rotatable bonds is 4. The molecule has 0 saturated carbocycles. The van der Waals surface area contributed by atoms with E-state index in [1.54, 1.807) is 31.2 Å². The summed E-state index contributed by atoms with van der Waals surface area (Å²) < 4.78 is 4.90. The van der Waals surface area contributed by atoms with Gasteiger partial charge in [0, 0.05) is 12.6 Å². The molecular weight excluding hydrogens is 310 g/mol. The SMILES string of the molecule is CCOC(=O)NC1CCCN(CN2C(=O)c3ccccc3C2=O)C1. The first-order valence-corrected chi connectivity index (χ1v) is 8.21. The Morgan fingerprint density at radius 1 is 1.25 bits per heavy atom. The molecule has 2 aliphatic heterocycles. The van der Waals surface area contributed by atoms with Crippen LogP contribution in [0.3, 0.4) is 0 Å². The number of likely N-dealkylation sites (tertiary alicyclic amines) is 1. The first-order valence-electron chi connectivity index (χ1n) is 8.21.